The lowest BCUT2D eigenvalue weighted by atomic mass is 9.95. The number of nitrogens with two attached hydrogens (primary N) is 1. The summed E-state index contributed by atoms with van der Waals surface area (Å²) < 4.78 is 56.4. The van der Waals surface area contributed by atoms with E-state index in [0.29, 0.717) is 6.54 Å². The lowest BCUT2D eigenvalue weighted by Crippen LogP contribution is -2.37. The molecule has 1 saturated carbocycles. The summed E-state index contributed by atoms with van der Waals surface area (Å²) in [6.45, 7) is 0.477. The Bertz CT molecular complexity index is 1750. The van der Waals surface area contributed by atoms with E-state index in [4.69, 9.17) is 21.6 Å². The Labute approximate surface area is 232 Å². The van der Waals surface area contributed by atoms with E-state index in [1.165, 1.54) is 12.1 Å². The van der Waals surface area contributed by atoms with Crippen LogP contribution in [0.3, 0.4) is 0 Å². The van der Waals surface area contributed by atoms with Crippen LogP contribution in [0.25, 0.3) is 32.9 Å². The van der Waals surface area contributed by atoms with Crippen LogP contribution in [0.1, 0.15) is 44.6 Å². The summed E-state index contributed by atoms with van der Waals surface area (Å²) in [5, 5.41) is 19.2. The van der Waals surface area contributed by atoms with E-state index in [9.17, 15) is 19.0 Å². The number of aliphatic hydroxyl groups is 2. The molecule has 1 aliphatic heterocycles. The molecule has 1 aliphatic carbocycles. The lowest BCUT2D eigenvalue weighted by Gasteiger charge is -2.33. The molecule has 2 aliphatic rings. The van der Waals surface area contributed by atoms with E-state index < -0.39 is 35.5 Å². The van der Waals surface area contributed by atoms with Gasteiger partial charge in [-0.05, 0) is 48.3 Å². The first kappa shape index (κ1) is 26.9. The minimum absolute atomic E-state index is 0.00225. The molecule has 1 fully saturated rings. The molecule has 0 radical (unpaired) electrons. The highest BCUT2D eigenvalue weighted by molar-refractivity contribution is 6.05. The zero-order valence-corrected chi connectivity index (χ0v) is 22.0. The third-order valence-corrected chi connectivity index (χ3v) is 7.68. The van der Waals surface area contributed by atoms with Crippen molar-refractivity contribution >= 4 is 33.2 Å². The smallest absolute Gasteiger partial charge is 0.323 e. The fourth-order valence-electron chi connectivity index (χ4n) is 5.54. The number of unbranched alkanes of at least 4 members (excludes halogenated alkanes) is 1. The third kappa shape index (κ3) is 4.61. The molecule has 3 heterocycles. The molecular weight excluding hydrogens is 539 g/mol. The number of hydrogen-bond donors (Lipinski definition) is 3. The van der Waals surface area contributed by atoms with Crippen molar-refractivity contribution in [1.29, 1.82) is 0 Å². The number of hydrogen-bond acceptors (Lipinski definition) is 9. The van der Waals surface area contributed by atoms with Crippen LogP contribution in [0, 0.1) is 35.2 Å². The van der Waals surface area contributed by atoms with E-state index in [2.05, 4.69) is 27.8 Å². The van der Waals surface area contributed by atoms with Gasteiger partial charge in [-0.3, -0.25) is 0 Å². The van der Waals surface area contributed by atoms with Crippen molar-refractivity contribution in [2.45, 2.75) is 45.5 Å². The predicted octanol–water partition coefficient (Wildman–Crippen LogP) is 4.60. The first-order chi connectivity index (χ1) is 19.6. The van der Waals surface area contributed by atoms with E-state index >= 15 is 4.39 Å². The van der Waals surface area contributed by atoms with Crippen LogP contribution >= 0.6 is 0 Å². The number of aromatic nitrogens is 3. The third-order valence-electron chi connectivity index (χ3n) is 7.68. The number of rotatable bonds is 8. The molecule has 9 nitrogen and oxygen atoms in total. The summed E-state index contributed by atoms with van der Waals surface area (Å²) in [6, 6.07) is 3.18. The van der Waals surface area contributed by atoms with Crippen molar-refractivity contribution in [3.05, 3.63) is 41.2 Å². The molecule has 212 valence electrons. The van der Waals surface area contributed by atoms with Crippen molar-refractivity contribution in [2.24, 2.45) is 5.41 Å². The monoisotopic (exact) mass is 565 g/mol. The van der Waals surface area contributed by atoms with Gasteiger partial charge in [0, 0.05) is 23.2 Å². The van der Waals surface area contributed by atoms with Gasteiger partial charge in [0.05, 0.1) is 5.56 Å². The number of fused-ring (bicyclic) bond motifs is 1. The fourth-order valence-corrected chi connectivity index (χ4v) is 5.54. The number of pyridine rings is 1. The Hall–Kier alpha value is -4.34. The van der Waals surface area contributed by atoms with Crippen LogP contribution < -0.4 is 20.1 Å². The van der Waals surface area contributed by atoms with Gasteiger partial charge in [-0.25, -0.2) is 18.2 Å². The van der Waals surface area contributed by atoms with Crippen molar-refractivity contribution in [3.63, 3.8) is 0 Å². The first-order valence-corrected chi connectivity index (χ1v) is 13.1. The van der Waals surface area contributed by atoms with E-state index in [1.54, 1.807) is 0 Å². The van der Waals surface area contributed by atoms with Crippen LogP contribution in [0.15, 0.2) is 18.2 Å². The van der Waals surface area contributed by atoms with E-state index in [1.807, 2.05) is 4.90 Å². The number of nitrogen functional groups attached to an aromatic ring is 1. The number of halogens is 3. The van der Waals surface area contributed by atoms with Crippen molar-refractivity contribution in [3.8, 4) is 35.5 Å². The second-order valence-corrected chi connectivity index (χ2v) is 10.5. The summed E-state index contributed by atoms with van der Waals surface area (Å²) in [7, 11) is 0. The molecule has 4 N–H and O–H groups in total. The van der Waals surface area contributed by atoms with Gasteiger partial charge in [-0.1, -0.05) is 25.7 Å². The first-order valence-electron chi connectivity index (χ1n) is 13.1. The second kappa shape index (κ2) is 9.94. The molecule has 12 heteroatoms. The van der Waals surface area contributed by atoms with Crippen LogP contribution in [0.2, 0.25) is 0 Å². The van der Waals surface area contributed by atoms with Gasteiger partial charge in [0.2, 0.25) is 5.88 Å². The Morgan fingerprint density at radius 3 is 2.61 bits per heavy atom. The number of terminal acetylenes is 1. The van der Waals surface area contributed by atoms with Gasteiger partial charge in [-0.2, -0.15) is 9.97 Å². The molecule has 2 aromatic heterocycles. The van der Waals surface area contributed by atoms with Crippen molar-refractivity contribution in [2.75, 3.05) is 23.9 Å². The van der Waals surface area contributed by atoms with Crippen LogP contribution in [-0.4, -0.2) is 44.9 Å². The van der Waals surface area contributed by atoms with Gasteiger partial charge in [0.15, 0.2) is 30.0 Å². The maximum absolute atomic E-state index is 16.4. The van der Waals surface area contributed by atoms with Crippen LogP contribution in [-0.2, 0) is 0 Å². The molecule has 0 bridgehead atoms. The largest absolute Gasteiger partial charge is 0.456 e. The average Bonchev–Trinajstić information content (AvgIpc) is 3.70. The average molecular weight is 566 g/mol. The Balaban J connectivity index is 1.59. The standard InChI is InChI=1S/C29H26F3N5O4/c1-3-5-6-29(7-8-29)12-37-13-40-26-20-24(35-27(36-25(20)37)41-28(38)39)22(32)23(34-26)17-11-15(33)9-14-10-18(30)21(31)16(4-2)19(14)17/h2,9-11,28,38-39H,3,5-8,12-13,33H2,1H3. The maximum atomic E-state index is 16.4. The normalized spacial score (nSPS) is 15.3. The summed E-state index contributed by atoms with van der Waals surface area (Å²) >= 11 is 0. The SMILES string of the molecule is C#Cc1c(F)c(F)cc2cc(N)cc(-c3nc4c5c(nc(OC(O)O)nc5c3F)N(CC3(CCCC)CC3)CO4)c12. The Morgan fingerprint density at radius 2 is 1.93 bits per heavy atom. The van der Waals surface area contributed by atoms with E-state index in [0.717, 1.165) is 38.2 Å². The number of benzene rings is 2. The van der Waals surface area contributed by atoms with Crippen molar-refractivity contribution < 1.29 is 32.9 Å². The number of anilines is 2. The number of aliphatic hydroxyl groups excluding tert-OH is 1. The molecule has 0 unspecified atom stereocenters. The molecular formula is C29H26F3N5O4. The second-order valence-electron chi connectivity index (χ2n) is 10.5. The molecule has 41 heavy (non-hydrogen) atoms. The highest BCUT2D eigenvalue weighted by Gasteiger charge is 2.44. The highest BCUT2D eigenvalue weighted by atomic mass is 19.2. The molecule has 6 rings (SSSR count). The molecule has 0 atom stereocenters. The molecule has 0 amide bonds. The maximum Gasteiger partial charge on any atom is 0.323 e. The topological polar surface area (TPSA) is 127 Å². The summed E-state index contributed by atoms with van der Waals surface area (Å²) in [6.07, 6.45) is 10.7. The fraction of sp³-hybridized carbons (Fsp3) is 0.345. The Kier molecular flexibility index (Phi) is 6.51. The van der Waals surface area contributed by atoms with Crippen LogP contribution in [0.4, 0.5) is 24.7 Å². The molecule has 0 spiro atoms. The summed E-state index contributed by atoms with van der Waals surface area (Å²) in [5.41, 5.74) is 5.21. The van der Waals surface area contributed by atoms with Gasteiger partial charge in [-0.15, -0.1) is 6.42 Å². The van der Waals surface area contributed by atoms with Gasteiger partial charge in [0.1, 0.15) is 16.6 Å². The van der Waals surface area contributed by atoms with Gasteiger partial charge >= 0.3 is 12.5 Å². The summed E-state index contributed by atoms with van der Waals surface area (Å²) in [5.74, 6) is -1.01. The zero-order chi connectivity index (χ0) is 29.1. The zero-order valence-electron chi connectivity index (χ0n) is 22.0. The molecule has 2 aromatic carbocycles. The van der Waals surface area contributed by atoms with E-state index in [-0.39, 0.29) is 62.5 Å². The molecule has 0 saturated heterocycles. The summed E-state index contributed by atoms with van der Waals surface area (Å²) in [4.78, 5) is 14.7. The molecule has 4 aromatic rings. The van der Waals surface area contributed by atoms with Gasteiger partial charge in [0.25, 0.3) is 0 Å². The highest BCUT2D eigenvalue weighted by Crippen LogP contribution is 2.52. The minimum atomic E-state index is -2.26. The van der Waals surface area contributed by atoms with Gasteiger partial charge < -0.3 is 30.3 Å². The predicted molar refractivity (Wildman–Crippen MR) is 145 cm³/mol. The number of nitrogens with zero attached hydrogens (tertiary/aromatic N) is 4. The quantitative estimate of drug-likeness (QED) is 0.160. The van der Waals surface area contributed by atoms with Crippen LogP contribution in [0.5, 0.6) is 11.9 Å². The minimum Gasteiger partial charge on any atom is -0.456 e. The number of ether oxygens (including phenoxy) is 2. The Morgan fingerprint density at radius 1 is 1.15 bits per heavy atom. The van der Waals surface area contributed by atoms with Crippen molar-refractivity contribution in [1.82, 2.24) is 15.0 Å². The lowest BCUT2D eigenvalue weighted by molar-refractivity contribution is -0.183.